The Balaban J connectivity index is 1.77. The molecule has 5 heteroatoms. The molecule has 1 aliphatic heterocycles. The van der Waals surface area contributed by atoms with Crippen LogP contribution in [0.4, 0.5) is 0 Å². The van der Waals surface area contributed by atoms with Gasteiger partial charge in [-0.05, 0) is 43.9 Å². The molecule has 0 aromatic heterocycles. The van der Waals surface area contributed by atoms with E-state index in [1.807, 2.05) is 19.2 Å². The third-order valence-electron chi connectivity index (χ3n) is 5.75. The van der Waals surface area contributed by atoms with E-state index in [4.69, 9.17) is 25.8 Å². The Morgan fingerprint density at radius 3 is 2.67 bits per heavy atom. The van der Waals surface area contributed by atoms with Gasteiger partial charge in [-0.2, -0.15) is 0 Å². The third-order valence-corrected chi connectivity index (χ3v) is 6.17. The third kappa shape index (κ3) is 3.24. The number of ether oxygens (including phenoxy) is 3. The second kappa shape index (κ2) is 7.51. The molecule has 0 N–H and O–H groups in total. The summed E-state index contributed by atoms with van der Waals surface area (Å²) in [4.78, 5) is 2.52. The first-order chi connectivity index (χ1) is 11.6. The van der Waals surface area contributed by atoms with Crippen LogP contribution in [0.25, 0.3) is 0 Å². The van der Waals surface area contributed by atoms with Crippen molar-refractivity contribution in [2.45, 2.75) is 44.8 Å². The summed E-state index contributed by atoms with van der Waals surface area (Å²) >= 11 is 6.56. The molecule has 1 heterocycles. The Kier molecular flexibility index (Phi) is 5.58. The summed E-state index contributed by atoms with van der Waals surface area (Å²) in [5.41, 5.74) is 1.43. The van der Waals surface area contributed by atoms with Crippen molar-refractivity contribution in [2.75, 3.05) is 34.4 Å². The average Bonchev–Trinajstić information content (AvgIpc) is 2.98. The molecule has 2 fully saturated rings. The fourth-order valence-corrected chi connectivity index (χ4v) is 4.92. The van der Waals surface area contributed by atoms with Crippen molar-refractivity contribution in [3.63, 3.8) is 0 Å². The molecule has 0 bridgehead atoms. The summed E-state index contributed by atoms with van der Waals surface area (Å²) < 4.78 is 16.6. The van der Waals surface area contributed by atoms with Gasteiger partial charge in [0.2, 0.25) is 0 Å². The van der Waals surface area contributed by atoms with Crippen LogP contribution >= 0.6 is 11.6 Å². The molecule has 0 radical (unpaired) electrons. The molecule has 1 aliphatic carbocycles. The molecule has 0 unspecified atom stereocenters. The summed E-state index contributed by atoms with van der Waals surface area (Å²) in [6.45, 7) is 3.05. The van der Waals surface area contributed by atoms with E-state index < -0.39 is 0 Å². The molecule has 2 atom stereocenters. The first-order valence-corrected chi connectivity index (χ1v) is 9.16. The SMILES string of the molecule is COc1ccc(CN2CCC[C@@]3(CCC[C@H]3OC)C2)c(Cl)c1OC. The van der Waals surface area contributed by atoms with Gasteiger partial charge in [0.05, 0.1) is 25.3 Å². The quantitative estimate of drug-likeness (QED) is 0.796. The standard InChI is InChI=1S/C19H28ClNO3/c1-22-15-8-7-14(17(20)18(15)24-3)12-21-11-5-10-19(13-21)9-4-6-16(19)23-2/h7-8,16H,4-6,9-13H2,1-3H3/t16-,19+/m1/s1. The highest BCUT2D eigenvalue weighted by atomic mass is 35.5. The van der Waals surface area contributed by atoms with Crippen molar-refractivity contribution >= 4 is 11.6 Å². The van der Waals surface area contributed by atoms with Crippen LogP contribution in [0.1, 0.15) is 37.7 Å². The molecule has 2 aliphatic rings. The second-order valence-electron chi connectivity index (χ2n) is 7.07. The maximum Gasteiger partial charge on any atom is 0.179 e. The molecule has 3 rings (SSSR count). The van der Waals surface area contributed by atoms with Gasteiger partial charge in [-0.15, -0.1) is 0 Å². The van der Waals surface area contributed by atoms with Gasteiger partial charge in [-0.25, -0.2) is 0 Å². The van der Waals surface area contributed by atoms with E-state index in [1.165, 1.54) is 32.1 Å². The van der Waals surface area contributed by atoms with Crippen molar-refractivity contribution in [3.05, 3.63) is 22.7 Å². The minimum absolute atomic E-state index is 0.329. The predicted octanol–water partition coefficient (Wildman–Crippen LogP) is 4.14. The number of benzene rings is 1. The molecule has 24 heavy (non-hydrogen) atoms. The number of halogens is 1. The molecular weight excluding hydrogens is 326 g/mol. The maximum atomic E-state index is 6.56. The fourth-order valence-electron chi connectivity index (χ4n) is 4.63. The lowest BCUT2D eigenvalue weighted by atomic mass is 9.76. The van der Waals surface area contributed by atoms with E-state index in [-0.39, 0.29) is 0 Å². The Labute approximate surface area is 150 Å². The lowest BCUT2D eigenvalue weighted by molar-refractivity contribution is -0.0366. The zero-order chi connectivity index (χ0) is 17.2. The number of hydrogen-bond donors (Lipinski definition) is 0. The van der Waals surface area contributed by atoms with Crippen LogP contribution < -0.4 is 9.47 Å². The highest BCUT2D eigenvalue weighted by Crippen LogP contribution is 2.47. The summed E-state index contributed by atoms with van der Waals surface area (Å²) in [6, 6.07) is 3.99. The van der Waals surface area contributed by atoms with Gasteiger partial charge in [0.1, 0.15) is 0 Å². The number of likely N-dealkylation sites (tertiary alicyclic amines) is 1. The van der Waals surface area contributed by atoms with Gasteiger partial charge in [0, 0.05) is 25.6 Å². The smallest absolute Gasteiger partial charge is 0.179 e. The number of rotatable bonds is 5. The van der Waals surface area contributed by atoms with E-state index in [9.17, 15) is 0 Å². The topological polar surface area (TPSA) is 30.9 Å². The highest BCUT2D eigenvalue weighted by Gasteiger charge is 2.45. The van der Waals surface area contributed by atoms with Crippen LogP contribution in [-0.4, -0.2) is 45.4 Å². The minimum atomic E-state index is 0.329. The molecule has 1 aromatic rings. The number of hydrogen-bond acceptors (Lipinski definition) is 4. The Hall–Kier alpha value is -0.970. The zero-order valence-electron chi connectivity index (χ0n) is 14.9. The monoisotopic (exact) mass is 353 g/mol. The van der Waals surface area contributed by atoms with Crippen LogP contribution in [0.15, 0.2) is 12.1 Å². The number of piperidine rings is 1. The Morgan fingerprint density at radius 1 is 1.17 bits per heavy atom. The fraction of sp³-hybridized carbons (Fsp3) is 0.684. The van der Waals surface area contributed by atoms with E-state index in [1.54, 1.807) is 14.2 Å². The molecule has 1 spiro atoms. The molecule has 1 aromatic carbocycles. The van der Waals surface area contributed by atoms with Crippen LogP contribution in [0.3, 0.4) is 0 Å². The Bertz CT molecular complexity index is 580. The first-order valence-electron chi connectivity index (χ1n) is 8.78. The largest absolute Gasteiger partial charge is 0.493 e. The van der Waals surface area contributed by atoms with Crippen molar-refractivity contribution < 1.29 is 14.2 Å². The van der Waals surface area contributed by atoms with Crippen molar-refractivity contribution in [1.82, 2.24) is 4.90 Å². The second-order valence-corrected chi connectivity index (χ2v) is 7.45. The molecule has 134 valence electrons. The molecule has 4 nitrogen and oxygen atoms in total. The average molecular weight is 354 g/mol. The maximum absolute atomic E-state index is 6.56. The zero-order valence-corrected chi connectivity index (χ0v) is 15.7. The van der Waals surface area contributed by atoms with E-state index >= 15 is 0 Å². The number of methoxy groups -OCH3 is 3. The van der Waals surface area contributed by atoms with E-state index in [0.717, 1.165) is 25.2 Å². The van der Waals surface area contributed by atoms with Crippen LogP contribution in [0.5, 0.6) is 11.5 Å². The summed E-state index contributed by atoms with van der Waals surface area (Å²) in [6.07, 6.45) is 6.67. The lowest BCUT2D eigenvalue weighted by Gasteiger charge is -2.43. The van der Waals surface area contributed by atoms with Crippen LogP contribution in [0, 0.1) is 5.41 Å². The van der Waals surface area contributed by atoms with Crippen molar-refractivity contribution in [2.24, 2.45) is 5.41 Å². The summed E-state index contributed by atoms with van der Waals surface area (Å²) in [7, 11) is 5.13. The van der Waals surface area contributed by atoms with Gasteiger partial charge in [0.25, 0.3) is 0 Å². The lowest BCUT2D eigenvalue weighted by Crippen LogP contribution is -2.47. The molecular formula is C19H28ClNO3. The van der Waals surface area contributed by atoms with E-state index in [2.05, 4.69) is 4.90 Å². The summed E-state index contributed by atoms with van der Waals surface area (Å²) in [5, 5.41) is 0.659. The predicted molar refractivity (Wildman–Crippen MR) is 96.1 cm³/mol. The van der Waals surface area contributed by atoms with E-state index in [0.29, 0.717) is 28.0 Å². The minimum Gasteiger partial charge on any atom is -0.493 e. The molecule has 1 saturated heterocycles. The van der Waals surface area contributed by atoms with Crippen LogP contribution in [-0.2, 0) is 11.3 Å². The number of nitrogens with zero attached hydrogens (tertiary/aromatic N) is 1. The van der Waals surface area contributed by atoms with Crippen LogP contribution in [0.2, 0.25) is 5.02 Å². The van der Waals surface area contributed by atoms with Crippen molar-refractivity contribution in [3.8, 4) is 11.5 Å². The normalized spacial score (nSPS) is 27.6. The summed E-state index contributed by atoms with van der Waals surface area (Å²) in [5.74, 6) is 1.30. The van der Waals surface area contributed by atoms with Gasteiger partial charge < -0.3 is 14.2 Å². The van der Waals surface area contributed by atoms with Gasteiger partial charge in [-0.3, -0.25) is 4.90 Å². The first kappa shape index (κ1) is 17.8. The Morgan fingerprint density at radius 2 is 1.96 bits per heavy atom. The highest BCUT2D eigenvalue weighted by molar-refractivity contribution is 6.33. The van der Waals surface area contributed by atoms with Gasteiger partial charge in [0.15, 0.2) is 11.5 Å². The van der Waals surface area contributed by atoms with Crippen molar-refractivity contribution in [1.29, 1.82) is 0 Å². The molecule has 0 amide bonds. The van der Waals surface area contributed by atoms with Gasteiger partial charge >= 0.3 is 0 Å². The molecule has 1 saturated carbocycles. The van der Waals surface area contributed by atoms with Gasteiger partial charge in [-0.1, -0.05) is 24.1 Å².